The van der Waals surface area contributed by atoms with Crippen LogP contribution in [0.3, 0.4) is 0 Å². The predicted molar refractivity (Wildman–Crippen MR) is 93.9 cm³/mol. The van der Waals surface area contributed by atoms with E-state index in [1.54, 1.807) is 0 Å². The topological polar surface area (TPSA) is 98.5 Å². The summed E-state index contributed by atoms with van der Waals surface area (Å²) in [6, 6.07) is 4.02. The summed E-state index contributed by atoms with van der Waals surface area (Å²) in [7, 11) is 0. The Morgan fingerprint density at radius 3 is 2.72 bits per heavy atom. The first-order valence-electron chi connectivity index (χ1n) is 8.31. The van der Waals surface area contributed by atoms with Gasteiger partial charge in [0.05, 0.1) is 10.6 Å². The van der Waals surface area contributed by atoms with Crippen molar-refractivity contribution in [2.24, 2.45) is 17.8 Å². The second-order valence-electron chi connectivity index (χ2n) is 6.77. The first kappa shape index (κ1) is 17.8. The van der Waals surface area contributed by atoms with Gasteiger partial charge in [-0.05, 0) is 59.0 Å². The Balaban J connectivity index is 1.45. The molecule has 1 aromatic rings. The molecule has 25 heavy (non-hydrogen) atoms. The minimum absolute atomic E-state index is 0.0813. The Labute approximate surface area is 153 Å². The van der Waals surface area contributed by atoms with E-state index in [0.29, 0.717) is 28.4 Å². The smallest absolute Gasteiger partial charge is 0.306 e. The van der Waals surface area contributed by atoms with E-state index in [2.05, 4.69) is 21.2 Å². The van der Waals surface area contributed by atoms with Gasteiger partial charge in [-0.3, -0.25) is 19.7 Å². The van der Waals surface area contributed by atoms with Crippen LogP contribution in [0.4, 0.5) is 11.4 Å². The molecule has 0 heterocycles. The fourth-order valence-corrected chi connectivity index (χ4v) is 4.42. The van der Waals surface area contributed by atoms with Gasteiger partial charge < -0.3 is 10.1 Å². The number of hydrogen-bond acceptors (Lipinski definition) is 5. The number of nitro benzene ring substituents is 1. The normalized spacial score (nSPS) is 24.1. The molecule has 0 aliphatic heterocycles. The van der Waals surface area contributed by atoms with Crippen LogP contribution < -0.4 is 5.32 Å². The van der Waals surface area contributed by atoms with Gasteiger partial charge in [0.15, 0.2) is 6.61 Å². The van der Waals surface area contributed by atoms with Crippen molar-refractivity contribution in [1.29, 1.82) is 0 Å². The predicted octanol–water partition coefficient (Wildman–Crippen LogP) is 3.67. The third kappa shape index (κ3) is 4.36. The molecule has 8 heteroatoms. The van der Waals surface area contributed by atoms with E-state index in [1.807, 2.05) is 0 Å². The number of non-ortho nitro benzene ring substituents is 1. The highest BCUT2D eigenvalue weighted by Gasteiger charge is 2.40. The first-order chi connectivity index (χ1) is 11.9. The summed E-state index contributed by atoms with van der Waals surface area (Å²) < 4.78 is 5.46. The van der Waals surface area contributed by atoms with Crippen molar-refractivity contribution in [2.45, 2.75) is 32.1 Å². The average Bonchev–Trinajstić information content (AvgIpc) is 3.17. The van der Waals surface area contributed by atoms with E-state index in [0.717, 1.165) is 12.3 Å². The van der Waals surface area contributed by atoms with Gasteiger partial charge in [0.25, 0.3) is 11.6 Å². The second kappa shape index (κ2) is 7.51. The van der Waals surface area contributed by atoms with Gasteiger partial charge in [0.2, 0.25) is 0 Å². The summed E-state index contributed by atoms with van der Waals surface area (Å²) in [5.74, 6) is 0.998. The molecule has 2 aliphatic carbocycles. The van der Waals surface area contributed by atoms with Crippen LogP contribution in [-0.2, 0) is 14.3 Å². The summed E-state index contributed by atoms with van der Waals surface area (Å²) >= 11 is 3.17. The number of ether oxygens (including phenoxy) is 1. The van der Waals surface area contributed by atoms with Crippen molar-refractivity contribution in [2.75, 3.05) is 11.9 Å². The summed E-state index contributed by atoms with van der Waals surface area (Å²) in [6.07, 6.45) is 5.20. The number of carbonyl (C=O) groups excluding carboxylic acids is 2. The average molecular weight is 411 g/mol. The number of benzene rings is 1. The van der Waals surface area contributed by atoms with Crippen molar-refractivity contribution in [3.63, 3.8) is 0 Å². The highest BCUT2D eigenvalue weighted by atomic mass is 79.9. The molecule has 3 atom stereocenters. The standard InChI is InChI=1S/C17H19BrN2O5/c18-14-8-13(20(23)24)3-4-15(14)19-16(21)9-25-17(22)7-12-6-10-1-2-11(12)5-10/h3-4,8,10-12H,1-2,5-7,9H2,(H,19,21)/t10-,11+,12-/m0/s1. The molecule has 7 nitrogen and oxygen atoms in total. The van der Waals surface area contributed by atoms with Crippen LogP contribution in [0.5, 0.6) is 0 Å². The molecule has 2 fully saturated rings. The van der Waals surface area contributed by atoms with Crippen LogP contribution in [0.25, 0.3) is 0 Å². The maximum absolute atomic E-state index is 11.9. The van der Waals surface area contributed by atoms with Crippen molar-refractivity contribution >= 4 is 39.2 Å². The van der Waals surface area contributed by atoms with E-state index in [-0.39, 0.29) is 18.3 Å². The van der Waals surface area contributed by atoms with Crippen LogP contribution >= 0.6 is 15.9 Å². The molecule has 134 valence electrons. The number of anilines is 1. The fourth-order valence-electron chi connectivity index (χ4n) is 3.95. The van der Waals surface area contributed by atoms with Gasteiger partial charge in [-0.2, -0.15) is 0 Å². The maximum atomic E-state index is 11.9. The number of halogens is 1. The molecular formula is C17H19BrN2O5. The molecule has 0 radical (unpaired) electrons. The Morgan fingerprint density at radius 1 is 1.32 bits per heavy atom. The van der Waals surface area contributed by atoms with Crippen molar-refractivity contribution in [1.82, 2.24) is 0 Å². The van der Waals surface area contributed by atoms with Crippen molar-refractivity contribution < 1.29 is 19.2 Å². The largest absolute Gasteiger partial charge is 0.456 e. The lowest BCUT2D eigenvalue weighted by Gasteiger charge is -2.20. The second-order valence-corrected chi connectivity index (χ2v) is 7.62. The number of nitro groups is 1. The molecule has 1 aromatic carbocycles. The SMILES string of the molecule is O=C(COC(=O)C[C@@H]1C[C@H]2CC[C@@H]1C2)Nc1ccc([N+](=O)[O-])cc1Br. The third-order valence-corrected chi connectivity index (χ3v) is 5.77. The number of hydrogen-bond donors (Lipinski definition) is 1. The van der Waals surface area contributed by atoms with Crippen molar-refractivity contribution in [3.05, 3.63) is 32.8 Å². The number of rotatable bonds is 6. The van der Waals surface area contributed by atoms with Gasteiger partial charge in [-0.15, -0.1) is 0 Å². The highest BCUT2D eigenvalue weighted by Crippen LogP contribution is 2.49. The molecule has 1 amide bonds. The number of fused-ring (bicyclic) bond motifs is 2. The monoisotopic (exact) mass is 410 g/mol. The van der Waals surface area contributed by atoms with Crippen molar-refractivity contribution in [3.8, 4) is 0 Å². The molecule has 0 saturated heterocycles. The summed E-state index contributed by atoms with van der Waals surface area (Å²) in [4.78, 5) is 34.0. The number of nitrogens with zero attached hydrogens (tertiary/aromatic N) is 1. The molecule has 2 saturated carbocycles. The maximum Gasteiger partial charge on any atom is 0.306 e. The molecular weight excluding hydrogens is 392 g/mol. The van der Waals surface area contributed by atoms with E-state index >= 15 is 0 Å². The summed E-state index contributed by atoms with van der Waals surface area (Å²) in [5, 5.41) is 13.3. The Morgan fingerprint density at radius 2 is 2.12 bits per heavy atom. The van der Waals surface area contributed by atoms with Crippen LogP contribution in [-0.4, -0.2) is 23.4 Å². The molecule has 2 aliphatic rings. The van der Waals surface area contributed by atoms with Gasteiger partial charge >= 0.3 is 5.97 Å². The van der Waals surface area contributed by atoms with Crippen LogP contribution in [0.1, 0.15) is 32.1 Å². The Bertz CT molecular complexity index is 708. The van der Waals surface area contributed by atoms with Gasteiger partial charge in [0, 0.05) is 23.0 Å². The van der Waals surface area contributed by atoms with Crippen LogP contribution in [0.15, 0.2) is 22.7 Å². The Kier molecular flexibility index (Phi) is 5.36. The molecule has 0 spiro atoms. The lowest BCUT2D eigenvalue weighted by molar-refractivity contribution is -0.384. The van der Waals surface area contributed by atoms with Crippen LogP contribution in [0, 0.1) is 27.9 Å². The first-order valence-corrected chi connectivity index (χ1v) is 9.11. The van der Waals surface area contributed by atoms with E-state index in [4.69, 9.17) is 4.74 Å². The van der Waals surface area contributed by atoms with Gasteiger partial charge in [0.1, 0.15) is 0 Å². The van der Waals surface area contributed by atoms with Gasteiger partial charge in [-0.25, -0.2) is 0 Å². The summed E-state index contributed by atoms with van der Waals surface area (Å²) in [5.41, 5.74) is 0.307. The van der Waals surface area contributed by atoms with E-state index in [1.165, 1.54) is 37.5 Å². The van der Waals surface area contributed by atoms with Gasteiger partial charge in [-0.1, -0.05) is 6.42 Å². The number of amides is 1. The minimum Gasteiger partial charge on any atom is -0.456 e. The summed E-state index contributed by atoms with van der Waals surface area (Å²) in [6.45, 7) is -0.358. The molecule has 3 rings (SSSR count). The quantitative estimate of drug-likeness (QED) is 0.438. The molecule has 2 bridgehead atoms. The number of esters is 1. The fraction of sp³-hybridized carbons (Fsp3) is 0.529. The molecule has 0 aromatic heterocycles. The van der Waals surface area contributed by atoms with E-state index in [9.17, 15) is 19.7 Å². The lowest BCUT2D eigenvalue weighted by atomic mass is 9.86. The third-order valence-electron chi connectivity index (χ3n) is 5.12. The molecule has 0 unspecified atom stereocenters. The lowest BCUT2D eigenvalue weighted by Crippen LogP contribution is -2.23. The van der Waals surface area contributed by atoms with Crippen LogP contribution in [0.2, 0.25) is 0 Å². The minimum atomic E-state index is -0.520. The molecule has 1 N–H and O–H groups in total. The number of nitrogens with one attached hydrogen (secondary N) is 1. The number of carbonyl (C=O) groups is 2. The zero-order valence-electron chi connectivity index (χ0n) is 13.6. The van der Waals surface area contributed by atoms with E-state index < -0.39 is 10.8 Å². The highest BCUT2D eigenvalue weighted by molar-refractivity contribution is 9.10. The Hall–Kier alpha value is -1.96. The zero-order chi connectivity index (χ0) is 18.0. The zero-order valence-corrected chi connectivity index (χ0v) is 15.2.